The second-order valence-electron chi connectivity index (χ2n) is 7.33. The first-order valence-corrected chi connectivity index (χ1v) is 8.80. The van der Waals surface area contributed by atoms with Crippen molar-refractivity contribution in [2.45, 2.75) is 39.5 Å². The number of rotatable bonds is 6. The number of nitrogen functional groups attached to an aromatic ring is 1. The molecule has 0 aromatic heterocycles. The molecule has 3 N–H and O–H groups in total. The average Bonchev–Trinajstić information content (AvgIpc) is 2.58. The van der Waals surface area contributed by atoms with Crippen LogP contribution >= 0.6 is 0 Å². The highest BCUT2D eigenvalue weighted by Crippen LogP contribution is 2.36. The third-order valence-corrected chi connectivity index (χ3v) is 4.01. The van der Waals surface area contributed by atoms with E-state index in [0.29, 0.717) is 23.6 Å². The molecule has 138 valence electrons. The summed E-state index contributed by atoms with van der Waals surface area (Å²) in [5.74, 6) is 0.654. The van der Waals surface area contributed by atoms with Gasteiger partial charge in [-0.15, -0.1) is 0 Å². The summed E-state index contributed by atoms with van der Waals surface area (Å²) in [6.45, 7) is 8.65. The Balaban J connectivity index is 2.38. The molecule has 0 amide bonds. The fourth-order valence-electron chi connectivity index (χ4n) is 2.56. The van der Waals surface area contributed by atoms with Gasteiger partial charge in [-0.2, -0.15) is 0 Å². The number of nitrogens with two attached hydrogens (primary N) is 1. The summed E-state index contributed by atoms with van der Waals surface area (Å²) in [5, 5.41) is 10.3. The van der Waals surface area contributed by atoms with Gasteiger partial charge >= 0.3 is 0 Å². The molecule has 0 spiro atoms. The number of ketones is 1. The Morgan fingerprint density at radius 1 is 1.19 bits per heavy atom. The number of carbonyl (C=O) groups is 1. The van der Waals surface area contributed by atoms with Gasteiger partial charge in [-0.1, -0.05) is 27.7 Å². The molecule has 2 aromatic carbocycles. The molecule has 0 aliphatic carbocycles. The molecular formula is C22H27NO3. The van der Waals surface area contributed by atoms with Gasteiger partial charge in [-0.25, -0.2) is 0 Å². The van der Waals surface area contributed by atoms with Crippen LogP contribution in [0.5, 0.6) is 11.5 Å². The zero-order valence-corrected chi connectivity index (χ0v) is 15.9. The van der Waals surface area contributed by atoms with Crippen molar-refractivity contribution in [3.8, 4) is 11.5 Å². The van der Waals surface area contributed by atoms with Crippen molar-refractivity contribution < 1.29 is 14.6 Å². The lowest BCUT2D eigenvalue weighted by atomic mass is 9.85. The number of hydrogen-bond donors (Lipinski definition) is 2. The lowest BCUT2D eigenvalue weighted by molar-refractivity contribution is 0.104. The highest BCUT2D eigenvalue weighted by molar-refractivity contribution is 6.07. The van der Waals surface area contributed by atoms with Crippen molar-refractivity contribution in [2.24, 2.45) is 0 Å². The van der Waals surface area contributed by atoms with E-state index in [4.69, 9.17) is 10.5 Å². The van der Waals surface area contributed by atoms with Crippen molar-refractivity contribution in [1.29, 1.82) is 0 Å². The Labute approximate surface area is 155 Å². The summed E-state index contributed by atoms with van der Waals surface area (Å²) < 4.78 is 5.75. The van der Waals surface area contributed by atoms with Crippen LogP contribution in [0.3, 0.4) is 0 Å². The molecule has 0 atom stereocenters. The first-order valence-electron chi connectivity index (χ1n) is 8.80. The Kier molecular flexibility index (Phi) is 6.09. The minimum absolute atomic E-state index is 0.114. The van der Waals surface area contributed by atoms with E-state index in [2.05, 4.69) is 0 Å². The van der Waals surface area contributed by atoms with Crippen molar-refractivity contribution in [2.75, 3.05) is 12.3 Å². The lowest BCUT2D eigenvalue weighted by Gasteiger charge is -2.22. The molecular weight excluding hydrogens is 326 g/mol. The van der Waals surface area contributed by atoms with E-state index < -0.39 is 0 Å². The van der Waals surface area contributed by atoms with Crippen molar-refractivity contribution in [1.82, 2.24) is 0 Å². The first-order chi connectivity index (χ1) is 12.2. The molecule has 4 heteroatoms. The van der Waals surface area contributed by atoms with Crippen LogP contribution < -0.4 is 10.5 Å². The van der Waals surface area contributed by atoms with Crippen LogP contribution in [-0.2, 0) is 5.41 Å². The van der Waals surface area contributed by atoms with Crippen LogP contribution in [0.15, 0.2) is 42.5 Å². The van der Waals surface area contributed by atoms with Gasteiger partial charge in [0, 0.05) is 28.4 Å². The molecule has 0 aliphatic heterocycles. The average molecular weight is 353 g/mol. The first kappa shape index (κ1) is 19.6. The standard InChI is InChI=1S/C22H27NO3/c1-5-12-26-21-14-20(25)18(22(2,3)4)13-16(21)8-11-19(24)15-6-9-17(23)10-7-15/h6-11,13-14,25H,5,12,23H2,1-4H3. The minimum Gasteiger partial charge on any atom is -0.508 e. The molecule has 0 saturated heterocycles. The number of allylic oxidation sites excluding steroid dienone is 1. The predicted molar refractivity (Wildman–Crippen MR) is 107 cm³/mol. The van der Waals surface area contributed by atoms with Crippen LogP contribution in [0.2, 0.25) is 0 Å². The fraction of sp³-hybridized carbons (Fsp3) is 0.318. The summed E-state index contributed by atoms with van der Waals surface area (Å²) >= 11 is 0. The van der Waals surface area contributed by atoms with Crippen molar-refractivity contribution in [3.05, 3.63) is 59.2 Å². The molecule has 0 heterocycles. The van der Waals surface area contributed by atoms with E-state index in [1.807, 2.05) is 33.8 Å². The number of phenolic OH excluding ortho intramolecular Hbond substituents is 1. The summed E-state index contributed by atoms with van der Waals surface area (Å²) in [6.07, 6.45) is 4.11. The van der Waals surface area contributed by atoms with Crippen LogP contribution in [-0.4, -0.2) is 17.5 Å². The molecule has 4 nitrogen and oxygen atoms in total. The zero-order valence-electron chi connectivity index (χ0n) is 15.9. The number of ether oxygens (including phenoxy) is 1. The second-order valence-corrected chi connectivity index (χ2v) is 7.33. The summed E-state index contributed by atoms with van der Waals surface area (Å²) in [7, 11) is 0. The van der Waals surface area contributed by atoms with Gasteiger partial charge in [0.25, 0.3) is 0 Å². The van der Waals surface area contributed by atoms with Crippen molar-refractivity contribution >= 4 is 17.5 Å². The van der Waals surface area contributed by atoms with E-state index in [1.165, 1.54) is 6.08 Å². The number of aromatic hydroxyl groups is 1. The van der Waals surface area contributed by atoms with Crippen LogP contribution in [0.4, 0.5) is 5.69 Å². The molecule has 0 aliphatic rings. The third kappa shape index (κ3) is 4.88. The van der Waals surface area contributed by atoms with E-state index in [-0.39, 0.29) is 16.9 Å². The number of anilines is 1. The zero-order chi connectivity index (χ0) is 19.3. The summed E-state index contributed by atoms with van der Waals surface area (Å²) in [4.78, 5) is 12.4. The number of hydrogen-bond acceptors (Lipinski definition) is 4. The molecule has 0 bridgehead atoms. The molecule has 0 radical (unpaired) electrons. The number of phenols is 1. The summed E-state index contributed by atoms with van der Waals surface area (Å²) in [5.41, 5.74) is 8.20. The van der Waals surface area contributed by atoms with Gasteiger partial charge in [-0.3, -0.25) is 4.79 Å². The van der Waals surface area contributed by atoms with E-state index in [1.54, 1.807) is 36.4 Å². The fourth-order valence-corrected chi connectivity index (χ4v) is 2.56. The monoisotopic (exact) mass is 353 g/mol. The maximum absolute atomic E-state index is 12.4. The molecule has 2 aromatic rings. The van der Waals surface area contributed by atoms with Crippen LogP contribution in [0, 0.1) is 0 Å². The molecule has 0 unspecified atom stereocenters. The molecule has 0 fully saturated rings. The van der Waals surface area contributed by atoms with Gasteiger partial charge in [0.2, 0.25) is 0 Å². The number of carbonyl (C=O) groups excluding carboxylic acids is 1. The topological polar surface area (TPSA) is 72.5 Å². The van der Waals surface area contributed by atoms with Gasteiger partial charge in [0.15, 0.2) is 5.78 Å². The molecule has 2 rings (SSSR count). The largest absolute Gasteiger partial charge is 0.508 e. The minimum atomic E-state index is -0.225. The van der Waals surface area contributed by atoms with E-state index >= 15 is 0 Å². The van der Waals surface area contributed by atoms with Crippen molar-refractivity contribution in [3.63, 3.8) is 0 Å². The smallest absolute Gasteiger partial charge is 0.185 e. The van der Waals surface area contributed by atoms with Gasteiger partial charge in [0.1, 0.15) is 11.5 Å². The van der Waals surface area contributed by atoms with Crippen LogP contribution in [0.25, 0.3) is 6.08 Å². The Bertz CT molecular complexity index is 799. The quantitative estimate of drug-likeness (QED) is 0.437. The number of benzene rings is 2. The highest BCUT2D eigenvalue weighted by Gasteiger charge is 2.20. The van der Waals surface area contributed by atoms with E-state index in [0.717, 1.165) is 17.5 Å². The van der Waals surface area contributed by atoms with Gasteiger partial charge < -0.3 is 15.6 Å². The molecule has 26 heavy (non-hydrogen) atoms. The Morgan fingerprint density at radius 2 is 1.85 bits per heavy atom. The van der Waals surface area contributed by atoms with Crippen LogP contribution in [0.1, 0.15) is 55.6 Å². The highest BCUT2D eigenvalue weighted by atomic mass is 16.5. The third-order valence-electron chi connectivity index (χ3n) is 4.01. The Hall–Kier alpha value is -2.75. The van der Waals surface area contributed by atoms with Gasteiger partial charge in [0.05, 0.1) is 6.61 Å². The van der Waals surface area contributed by atoms with Gasteiger partial charge in [-0.05, 0) is 54.3 Å². The molecule has 0 saturated carbocycles. The normalized spacial score (nSPS) is 11.7. The predicted octanol–water partition coefficient (Wildman–Crippen LogP) is 4.96. The second kappa shape index (κ2) is 8.09. The maximum Gasteiger partial charge on any atom is 0.185 e. The maximum atomic E-state index is 12.4. The van der Waals surface area contributed by atoms with E-state index in [9.17, 15) is 9.90 Å². The Morgan fingerprint density at radius 3 is 2.42 bits per heavy atom. The SMILES string of the molecule is CCCOc1cc(O)c(C(C)(C)C)cc1C=CC(=O)c1ccc(N)cc1. The summed E-state index contributed by atoms with van der Waals surface area (Å²) in [6, 6.07) is 10.3. The lowest BCUT2D eigenvalue weighted by Crippen LogP contribution is -2.12.